The molecule has 0 bridgehead atoms. The second-order valence-corrected chi connectivity index (χ2v) is 6.47. The molecule has 0 spiro atoms. The van der Waals surface area contributed by atoms with Crippen molar-refractivity contribution in [3.8, 4) is 0 Å². The summed E-state index contributed by atoms with van der Waals surface area (Å²) in [7, 11) is 1.29. The molecular weight excluding hydrogens is 407 g/mol. The van der Waals surface area contributed by atoms with Gasteiger partial charge in [0.25, 0.3) is 0 Å². The topological polar surface area (TPSA) is 99.9 Å². The minimum absolute atomic E-state index is 0. The zero-order valence-electron chi connectivity index (χ0n) is 18.2. The smallest absolute Gasteiger partial charge is 1.00 e. The SMILES string of the molecule is CCOC(=O)C1=C(COCCN)NC(C)=C(C(=O)OC)C1c1ccccc1Cl.[H-].[Na+]. The number of allylic oxidation sites excluding steroid dienone is 1. The molecule has 0 fully saturated rings. The molecule has 9 heteroatoms. The van der Waals surface area contributed by atoms with Gasteiger partial charge in [-0.1, -0.05) is 29.8 Å². The molecule has 1 aliphatic heterocycles. The maximum absolute atomic E-state index is 12.9. The second-order valence-electron chi connectivity index (χ2n) is 6.06. The zero-order chi connectivity index (χ0) is 20.7. The van der Waals surface area contributed by atoms with E-state index in [4.69, 9.17) is 31.5 Å². The molecule has 7 nitrogen and oxygen atoms in total. The van der Waals surface area contributed by atoms with E-state index in [9.17, 15) is 9.59 Å². The normalized spacial score (nSPS) is 16.1. The number of nitrogens with one attached hydrogen (secondary N) is 1. The molecule has 1 unspecified atom stereocenters. The Bertz CT molecular complexity index is 816. The van der Waals surface area contributed by atoms with Crippen LogP contribution >= 0.6 is 11.6 Å². The van der Waals surface area contributed by atoms with Gasteiger partial charge in [0.1, 0.15) is 0 Å². The third-order valence-corrected chi connectivity index (χ3v) is 4.61. The fourth-order valence-corrected chi connectivity index (χ4v) is 3.36. The Balaban J connectivity index is 0.00000420. The van der Waals surface area contributed by atoms with E-state index in [-0.39, 0.29) is 49.8 Å². The van der Waals surface area contributed by atoms with Gasteiger partial charge in [-0.3, -0.25) is 0 Å². The van der Waals surface area contributed by atoms with Gasteiger partial charge in [-0.2, -0.15) is 0 Å². The van der Waals surface area contributed by atoms with Gasteiger partial charge in [-0.25, -0.2) is 9.59 Å². The van der Waals surface area contributed by atoms with Crippen molar-refractivity contribution in [2.24, 2.45) is 5.73 Å². The Labute approximate surface area is 199 Å². The van der Waals surface area contributed by atoms with Crippen LogP contribution in [0.15, 0.2) is 46.8 Å². The Morgan fingerprint density at radius 2 is 1.93 bits per heavy atom. The maximum Gasteiger partial charge on any atom is 1.00 e. The van der Waals surface area contributed by atoms with Crippen LogP contribution in [-0.4, -0.2) is 45.4 Å². The number of hydrogen-bond acceptors (Lipinski definition) is 7. The van der Waals surface area contributed by atoms with Crippen LogP contribution in [0, 0.1) is 0 Å². The molecule has 0 saturated heterocycles. The number of rotatable bonds is 8. The van der Waals surface area contributed by atoms with Crippen LogP contribution in [0.5, 0.6) is 0 Å². The summed E-state index contributed by atoms with van der Waals surface area (Å²) in [5.74, 6) is -1.86. The Hall–Kier alpha value is -1.35. The summed E-state index contributed by atoms with van der Waals surface area (Å²) in [6.45, 7) is 4.42. The number of benzene rings is 1. The first-order chi connectivity index (χ1) is 13.5. The molecule has 0 saturated carbocycles. The molecule has 3 N–H and O–H groups in total. The molecule has 1 atom stereocenters. The van der Waals surface area contributed by atoms with E-state index in [1.165, 1.54) is 7.11 Å². The molecule has 0 aromatic heterocycles. The van der Waals surface area contributed by atoms with E-state index in [2.05, 4.69) is 5.32 Å². The average molecular weight is 433 g/mol. The number of hydrogen-bond donors (Lipinski definition) is 2. The number of halogens is 1. The number of esters is 2. The van der Waals surface area contributed by atoms with Gasteiger partial charge >= 0.3 is 41.5 Å². The van der Waals surface area contributed by atoms with E-state index >= 15 is 0 Å². The summed E-state index contributed by atoms with van der Waals surface area (Å²) in [6, 6.07) is 7.05. The maximum atomic E-state index is 12.9. The van der Waals surface area contributed by atoms with Gasteiger partial charge in [-0.05, 0) is 25.5 Å². The van der Waals surface area contributed by atoms with Gasteiger partial charge in [0, 0.05) is 17.3 Å². The summed E-state index contributed by atoms with van der Waals surface area (Å²) in [4.78, 5) is 25.5. The fraction of sp³-hybridized carbons (Fsp3) is 0.400. The van der Waals surface area contributed by atoms with Crippen molar-refractivity contribution in [1.82, 2.24) is 5.32 Å². The van der Waals surface area contributed by atoms with Crippen LogP contribution in [0.4, 0.5) is 0 Å². The number of carbonyl (C=O) groups is 2. The average Bonchev–Trinajstić information content (AvgIpc) is 2.67. The molecule has 1 aromatic carbocycles. The zero-order valence-corrected chi connectivity index (χ0v) is 20.0. The molecule has 0 amide bonds. The molecule has 154 valence electrons. The number of nitrogens with two attached hydrogens (primary N) is 1. The van der Waals surface area contributed by atoms with E-state index in [1.807, 2.05) is 0 Å². The number of dihydropyridines is 1. The fourth-order valence-electron chi connectivity index (χ4n) is 3.12. The summed E-state index contributed by atoms with van der Waals surface area (Å²) < 4.78 is 15.8. The minimum atomic E-state index is -0.752. The standard InChI is InChI=1S/C20H25ClN2O5.Na.H/c1-4-28-20(25)18-15(11-27-10-9-22)23-12(2)16(19(24)26-3)17(18)13-7-5-6-8-14(13)21;;/h5-8,17,23H,4,9-11,22H2,1-3H3;;/q;+1;-1. The third kappa shape index (κ3) is 6.07. The first-order valence-corrected chi connectivity index (χ1v) is 9.32. The molecule has 29 heavy (non-hydrogen) atoms. The summed E-state index contributed by atoms with van der Waals surface area (Å²) in [5.41, 5.74) is 7.70. The summed E-state index contributed by atoms with van der Waals surface area (Å²) in [6.07, 6.45) is 0. The molecule has 1 aliphatic rings. The first kappa shape index (κ1) is 25.7. The molecule has 2 rings (SSSR count). The van der Waals surface area contributed by atoms with E-state index in [0.29, 0.717) is 40.7 Å². The van der Waals surface area contributed by atoms with Crippen LogP contribution in [-0.2, 0) is 23.8 Å². The predicted octanol–water partition coefficient (Wildman–Crippen LogP) is -0.617. The minimum Gasteiger partial charge on any atom is -1.00 e. The number of ether oxygens (including phenoxy) is 3. The van der Waals surface area contributed by atoms with E-state index in [1.54, 1.807) is 38.1 Å². The van der Waals surface area contributed by atoms with Gasteiger partial charge in [0.15, 0.2) is 0 Å². The third-order valence-electron chi connectivity index (χ3n) is 4.27. The summed E-state index contributed by atoms with van der Waals surface area (Å²) in [5, 5.41) is 3.52. The van der Waals surface area contributed by atoms with Gasteiger partial charge < -0.3 is 26.7 Å². The van der Waals surface area contributed by atoms with Crippen LogP contribution in [0.2, 0.25) is 5.02 Å². The summed E-state index contributed by atoms with van der Waals surface area (Å²) >= 11 is 6.42. The second kappa shape index (κ2) is 12.4. The van der Waals surface area contributed by atoms with E-state index in [0.717, 1.165) is 0 Å². The first-order valence-electron chi connectivity index (χ1n) is 8.94. The van der Waals surface area contributed by atoms with Crippen molar-refractivity contribution in [1.29, 1.82) is 0 Å². The van der Waals surface area contributed by atoms with Gasteiger partial charge in [-0.15, -0.1) is 0 Å². The van der Waals surface area contributed by atoms with Gasteiger partial charge in [0.05, 0.1) is 49.7 Å². The molecule has 1 heterocycles. The van der Waals surface area contributed by atoms with E-state index < -0.39 is 17.9 Å². The van der Waals surface area contributed by atoms with Crippen LogP contribution in [0.1, 0.15) is 26.8 Å². The quantitative estimate of drug-likeness (QED) is 0.321. The van der Waals surface area contributed by atoms with Crippen LogP contribution in [0.3, 0.4) is 0 Å². The van der Waals surface area contributed by atoms with Crippen molar-refractivity contribution >= 4 is 23.5 Å². The largest absolute Gasteiger partial charge is 1.00 e. The van der Waals surface area contributed by atoms with Crippen LogP contribution in [0.25, 0.3) is 0 Å². The van der Waals surface area contributed by atoms with Crippen molar-refractivity contribution in [2.45, 2.75) is 19.8 Å². The molecule has 0 aliphatic carbocycles. The molecule has 0 radical (unpaired) electrons. The Morgan fingerprint density at radius 3 is 2.52 bits per heavy atom. The number of carbonyl (C=O) groups excluding carboxylic acids is 2. The van der Waals surface area contributed by atoms with Gasteiger partial charge in [0.2, 0.25) is 0 Å². The monoisotopic (exact) mass is 432 g/mol. The Morgan fingerprint density at radius 1 is 1.24 bits per heavy atom. The van der Waals surface area contributed by atoms with Crippen LogP contribution < -0.4 is 40.6 Å². The Kier molecular flexibility index (Phi) is 11.0. The molecular formula is C20H26ClN2NaO5. The molecule has 1 aromatic rings. The van der Waals surface area contributed by atoms with Crippen molar-refractivity contribution in [3.05, 3.63) is 57.4 Å². The predicted molar refractivity (Wildman–Crippen MR) is 107 cm³/mol. The number of methoxy groups -OCH3 is 1. The van der Waals surface area contributed by atoms with Crippen molar-refractivity contribution < 1.29 is 54.8 Å². The van der Waals surface area contributed by atoms with Crippen molar-refractivity contribution in [3.63, 3.8) is 0 Å². The van der Waals surface area contributed by atoms with Crippen molar-refractivity contribution in [2.75, 3.05) is 33.5 Å².